The van der Waals surface area contributed by atoms with E-state index in [1.54, 1.807) is 7.11 Å². The molecule has 0 aliphatic carbocycles. The quantitative estimate of drug-likeness (QED) is 0.468. The molecule has 8 nitrogen and oxygen atoms in total. The molecule has 11 heteroatoms. The van der Waals surface area contributed by atoms with E-state index in [1.807, 2.05) is 0 Å². The molecule has 0 unspecified atom stereocenters. The molecule has 23 heavy (non-hydrogen) atoms. The first kappa shape index (κ1) is 22.2. The molecule has 0 bridgehead atoms. The van der Waals surface area contributed by atoms with E-state index in [4.69, 9.17) is 4.74 Å². The van der Waals surface area contributed by atoms with E-state index >= 15 is 0 Å². The molecule has 0 radical (unpaired) electrons. The van der Waals surface area contributed by atoms with Crippen LogP contribution < -0.4 is 14.8 Å². The molecule has 0 aromatic heterocycles. The van der Waals surface area contributed by atoms with Gasteiger partial charge < -0.3 is 10.1 Å². The molecule has 0 fully saturated rings. The maximum absolute atomic E-state index is 12.0. The van der Waals surface area contributed by atoms with Gasteiger partial charge in [-0.25, -0.2) is 26.3 Å². The van der Waals surface area contributed by atoms with Crippen molar-refractivity contribution >= 4 is 32.5 Å². The van der Waals surface area contributed by atoms with Gasteiger partial charge in [0, 0.05) is 26.7 Å². The van der Waals surface area contributed by atoms with Crippen LogP contribution >= 0.6 is 12.4 Å². The first-order valence-corrected chi connectivity index (χ1v) is 9.53. The van der Waals surface area contributed by atoms with Crippen molar-refractivity contribution in [3.05, 3.63) is 24.3 Å². The number of hydrogen-bond donors (Lipinski definition) is 3. The van der Waals surface area contributed by atoms with Crippen LogP contribution in [0.25, 0.3) is 0 Å². The predicted molar refractivity (Wildman–Crippen MR) is 89.9 cm³/mol. The van der Waals surface area contributed by atoms with Gasteiger partial charge in [0.05, 0.1) is 16.4 Å². The van der Waals surface area contributed by atoms with Crippen molar-refractivity contribution in [1.29, 1.82) is 0 Å². The Bertz CT molecular complexity index is 662. The Morgan fingerprint density at radius 1 is 0.913 bits per heavy atom. The topological polar surface area (TPSA) is 114 Å². The molecule has 1 aromatic carbocycles. The molecule has 1 rings (SSSR count). The number of ether oxygens (including phenoxy) is 1. The van der Waals surface area contributed by atoms with Gasteiger partial charge in [-0.2, -0.15) is 0 Å². The summed E-state index contributed by atoms with van der Waals surface area (Å²) in [5.41, 5.74) is 0. The summed E-state index contributed by atoms with van der Waals surface area (Å²) >= 11 is 0. The van der Waals surface area contributed by atoms with Crippen LogP contribution in [-0.4, -0.2) is 57.2 Å². The summed E-state index contributed by atoms with van der Waals surface area (Å²) in [6.07, 6.45) is 0. The Morgan fingerprint density at radius 2 is 1.43 bits per heavy atom. The smallest absolute Gasteiger partial charge is 0.240 e. The molecule has 0 saturated heterocycles. The van der Waals surface area contributed by atoms with Crippen LogP contribution in [0, 0.1) is 0 Å². The first-order valence-electron chi connectivity index (χ1n) is 6.56. The Balaban J connectivity index is 0.00000484. The Hall–Kier alpha value is -0.750. The van der Waals surface area contributed by atoms with E-state index in [0.29, 0.717) is 19.7 Å². The lowest BCUT2D eigenvalue weighted by molar-refractivity contribution is 0.199. The third kappa shape index (κ3) is 7.12. The second-order valence-corrected chi connectivity index (χ2v) is 7.97. The minimum atomic E-state index is -3.66. The number of sulfonamides is 2. The van der Waals surface area contributed by atoms with Crippen molar-refractivity contribution in [2.75, 3.05) is 40.4 Å². The SMILES string of the molecule is CNS(=O)(=O)c1ccc(S(=O)(=O)NCCNCCOC)cc1.Cl. The van der Waals surface area contributed by atoms with Crippen molar-refractivity contribution in [2.24, 2.45) is 0 Å². The fourth-order valence-corrected chi connectivity index (χ4v) is 3.33. The summed E-state index contributed by atoms with van der Waals surface area (Å²) < 4.78 is 56.6. The van der Waals surface area contributed by atoms with Gasteiger partial charge in [0.15, 0.2) is 0 Å². The van der Waals surface area contributed by atoms with E-state index in [9.17, 15) is 16.8 Å². The highest BCUT2D eigenvalue weighted by Gasteiger charge is 2.16. The molecule has 3 N–H and O–H groups in total. The van der Waals surface area contributed by atoms with Gasteiger partial charge in [0.25, 0.3) is 0 Å². The molecule has 134 valence electrons. The van der Waals surface area contributed by atoms with Gasteiger partial charge in [0.2, 0.25) is 20.0 Å². The summed E-state index contributed by atoms with van der Waals surface area (Å²) in [6.45, 7) is 1.88. The number of methoxy groups -OCH3 is 1. The molecule has 0 saturated carbocycles. The third-order valence-corrected chi connectivity index (χ3v) is 5.70. The monoisotopic (exact) mass is 387 g/mol. The van der Waals surface area contributed by atoms with Gasteiger partial charge >= 0.3 is 0 Å². The summed E-state index contributed by atoms with van der Waals surface area (Å²) in [6, 6.07) is 5.00. The zero-order valence-corrected chi connectivity index (χ0v) is 15.4. The average molecular weight is 388 g/mol. The maximum Gasteiger partial charge on any atom is 0.240 e. The van der Waals surface area contributed by atoms with E-state index < -0.39 is 20.0 Å². The minimum absolute atomic E-state index is 0. The number of nitrogens with one attached hydrogen (secondary N) is 3. The van der Waals surface area contributed by atoms with Crippen LogP contribution in [0.1, 0.15) is 0 Å². The van der Waals surface area contributed by atoms with Crippen molar-refractivity contribution in [3.63, 3.8) is 0 Å². The van der Waals surface area contributed by atoms with Gasteiger partial charge in [0.1, 0.15) is 0 Å². The van der Waals surface area contributed by atoms with Crippen LogP contribution in [0.3, 0.4) is 0 Å². The van der Waals surface area contributed by atoms with Crippen LogP contribution in [0.5, 0.6) is 0 Å². The minimum Gasteiger partial charge on any atom is -0.383 e. The Labute approximate surface area is 143 Å². The molecule has 0 spiro atoms. The molecular weight excluding hydrogens is 366 g/mol. The maximum atomic E-state index is 12.0. The van der Waals surface area contributed by atoms with Crippen molar-refractivity contribution in [2.45, 2.75) is 9.79 Å². The highest BCUT2D eigenvalue weighted by molar-refractivity contribution is 7.90. The second-order valence-electron chi connectivity index (χ2n) is 4.32. The third-order valence-electron chi connectivity index (χ3n) is 2.79. The lowest BCUT2D eigenvalue weighted by atomic mass is 10.4. The standard InChI is InChI=1S/C12H21N3O5S2.ClH/c1-13-21(16,17)11-3-5-12(6-4-11)22(18,19)15-8-7-14-9-10-20-2;/h3-6,13-15H,7-10H2,1-2H3;1H. The number of halogens is 1. The largest absolute Gasteiger partial charge is 0.383 e. The normalized spacial score (nSPS) is 11.9. The highest BCUT2D eigenvalue weighted by atomic mass is 35.5. The highest BCUT2D eigenvalue weighted by Crippen LogP contribution is 2.13. The van der Waals surface area contributed by atoms with Crippen LogP contribution in [-0.2, 0) is 24.8 Å². The molecule has 0 aliphatic rings. The number of rotatable bonds is 10. The molecule has 0 aliphatic heterocycles. The Kier molecular flexibility index (Phi) is 9.85. The summed E-state index contributed by atoms with van der Waals surface area (Å²) in [7, 11) is -4.36. The van der Waals surface area contributed by atoms with Crippen LogP contribution in [0.15, 0.2) is 34.1 Å². The predicted octanol–water partition coefficient (Wildman–Crippen LogP) is -0.469. The lowest BCUT2D eigenvalue weighted by Gasteiger charge is -2.08. The van der Waals surface area contributed by atoms with Crippen molar-refractivity contribution in [1.82, 2.24) is 14.8 Å². The van der Waals surface area contributed by atoms with Gasteiger partial charge in [-0.1, -0.05) is 0 Å². The summed E-state index contributed by atoms with van der Waals surface area (Å²) in [5, 5.41) is 3.01. The Morgan fingerprint density at radius 3 is 1.91 bits per heavy atom. The van der Waals surface area contributed by atoms with Crippen molar-refractivity contribution in [3.8, 4) is 0 Å². The summed E-state index contributed by atoms with van der Waals surface area (Å²) in [5.74, 6) is 0. The van der Waals surface area contributed by atoms with Gasteiger partial charge in [-0.05, 0) is 31.3 Å². The van der Waals surface area contributed by atoms with E-state index in [2.05, 4.69) is 14.8 Å². The molecule has 0 atom stereocenters. The summed E-state index contributed by atoms with van der Waals surface area (Å²) in [4.78, 5) is 0.0228. The second kappa shape index (κ2) is 10.2. The molecule has 0 heterocycles. The lowest BCUT2D eigenvalue weighted by Crippen LogP contribution is -2.33. The molecular formula is C12H22ClN3O5S2. The van der Waals surface area contributed by atoms with E-state index in [1.165, 1.54) is 31.3 Å². The fraction of sp³-hybridized carbons (Fsp3) is 0.500. The average Bonchev–Trinajstić information content (AvgIpc) is 2.51. The molecule has 0 amide bonds. The van der Waals surface area contributed by atoms with E-state index in [-0.39, 0.29) is 28.7 Å². The van der Waals surface area contributed by atoms with Crippen LogP contribution in [0.4, 0.5) is 0 Å². The van der Waals surface area contributed by atoms with Crippen LogP contribution in [0.2, 0.25) is 0 Å². The number of hydrogen-bond acceptors (Lipinski definition) is 6. The number of benzene rings is 1. The van der Waals surface area contributed by atoms with E-state index in [0.717, 1.165) is 0 Å². The first-order chi connectivity index (χ1) is 10.3. The van der Waals surface area contributed by atoms with Gasteiger partial charge in [-0.3, -0.25) is 0 Å². The van der Waals surface area contributed by atoms with Gasteiger partial charge in [-0.15, -0.1) is 12.4 Å². The van der Waals surface area contributed by atoms with Crippen molar-refractivity contribution < 1.29 is 21.6 Å². The zero-order chi connectivity index (χ0) is 16.6. The fourth-order valence-electron chi connectivity index (χ4n) is 1.57. The zero-order valence-electron chi connectivity index (χ0n) is 12.9. The molecule has 1 aromatic rings.